The molecule has 0 amide bonds. The Hall–Kier alpha value is -1.50. The minimum Gasteiger partial charge on any atom is -0.384 e. The SMILES string of the molecule is Cc1cc(Cl)c(C)c(S(=O)(=O)Nc2ccc(N)nc2)c1Cl. The molecule has 0 atom stereocenters. The van der Waals surface area contributed by atoms with Crippen LogP contribution >= 0.6 is 23.2 Å². The van der Waals surface area contributed by atoms with Crippen LogP contribution in [0.15, 0.2) is 29.3 Å². The zero-order valence-corrected chi connectivity index (χ0v) is 13.6. The number of rotatable bonds is 3. The highest BCUT2D eigenvalue weighted by atomic mass is 35.5. The number of hydrogen-bond donors (Lipinski definition) is 2. The number of nitrogens with one attached hydrogen (secondary N) is 1. The Kier molecular flexibility index (Phi) is 4.32. The first-order valence-corrected chi connectivity index (χ1v) is 8.16. The van der Waals surface area contributed by atoms with E-state index >= 15 is 0 Å². The Labute approximate surface area is 133 Å². The molecule has 21 heavy (non-hydrogen) atoms. The van der Waals surface area contributed by atoms with E-state index in [1.54, 1.807) is 19.9 Å². The molecule has 0 bridgehead atoms. The Morgan fingerprint density at radius 3 is 2.48 bits per heavy atom. The van der Waals surface area contributed by atoms with Gasteiger partial charge in [0.05, 0.1) is 16.9 Å². The molecule has 2 aromatic rings. The van der Waals surface area contributed by atoms with Gasteiger partial charge in [0.1, 0.15) is 10.7 Å². The van der Waals surface area contributed by atoms with Crippen LogP contribution in [-0.2, 0) is 10.0 Å². The van der Waals surface area contributed by atoms with Crippen LogP contribution in [0.5, 0.6) is 0 Å². The molecule has 1 heterocycles. The predicted molar refractivity (Wildman–Crippen MR) is 85.4 cm³/mol. The number of nitrogens with two attached hydrogens (primary N) is 1. The number of sulfonamides is 1. The van der Waals surface area contributed by atoms with Crippen LogP contribution in [0.4, 0.5) is 11.5 Å². The summed E-state index contributed by atoms with van der Waals surface area (Å²) >= 11 is 12.2. The van der Waals surface area contributed by atoms with Crippen molar-refractivity contribution in [3.05, 3.63) is 45.6 Å². The molecule has 0 radical (unpaired) electrons. The van der Waals surface area contributed by atoms with Gasteiger partial charge in [-0.2, -0.15) is 0 Å². The molecule has 2 rings (SSSR count). The summed E-state index contributed by atoms with van der Waals surface area (Å²) in [6.45, 7) is 3.29. The zero-order valence-electron chi connectivity index (χ0n) is 11.3. The quantitative estimate of drug-likeness (QED) is 0.892. The number of aromatic nitrogens is 1. The van der Waals surface area contributed by atoms with Crippen molar-refractivity contribution in [2.45, 2.75) is 18.7 Å². The van der Waals surface area contributed by atoms with Crippen molar-refractivity contribution < 1.29 is 8.42 Å². The van der Waals surface area contributed by atoms with Crippen LogP contribution in [0.2, 0.25) is 10.0 Å². The van der Waals surface area contributed by atoms with E-state index in [1.165, 1.54) is 18.3 Å². The van der Waals surface area contributed by atoms with E-state index in [0.29, 0.717) is 22.0 Å². The molecular formula is C13H13Cl2N3O2S. The minimum atomic E-state index is -3.88. The molecule has 8 heteroatoms. The lowest BCUT2D eigenvalue weighted by molar-refractivity contribution is 0.600. The zero-order chi connectivity index (χ0) is 15.8. The van der Waals surface area contributed by atoms with Crippen molar-refractivity contribution in [1.82, 2.24) is 4.98 Å². The number of nitrogens with zero attached hydrogens (tertiary/aromatic N) is 1. The molecule has 1 aromatic heterocycles. The van der Waals surface area contributed by atoms with Crippen LogP contribution < -0.4 is 10.5 Å². The molecule has 112 valence electrons. The Balaban J connectivity index is 2.52. The van der Waals surface area contributed by atoms with Crippen molar-refractivity contribution in [2.75, 3.05) is 10.5 Å². The van der Waals surface area contributed by atoms with E-state index < -0.39 is 10.0 Å². The minimum absolute atomic E-state index is 0.0361. The summed E-state index contributed by atoms with van der Waals surface area (Å²) in [4.78, 5) is 3.79. The second kappa shape index (κ2) is 5.71. The van der Waals surface area contributed by atoms with Gasteiger partial charge in [-0.05, 0) is 43.2 Å². The number of pyridine rings is 1. The lowest BCUT2D eigenvalue weighted by atomic mass is 10.2. The Morgan fingerprint density at radius 1 is 1.24 bits per heavy atom. The van der Waals surface area contributed by atoms with Crippen molar-refractivity contribution in [1.29, 1.82) is 0 Å². The van der Waals surface area contributed by atoms with Crippen LogP contribution in [0.3, 0.4) is 0 Å². The first-order valence-electron chi connectivity index (χ1n) is 5.92. The lowest BCUT2D eigenvalue weighted by Crippen LogP contribution is -2.15. The van der Waals surface area contributed by atoms with Gasteiger partial charge in [-0.3, -0.25) is 4.72 Å². The topological polar surface area (TPSA) is 85.1 Å². The van der Waals surface area contributed by atoms with E-state index in [-0.39, 0.29) is 15.6 Å². The first-order chi connectivity index (χ1) is 9.72. The number of benzene rings is 1. The average Bonchev–Trinajstić information content (AvgIpc) is 2.39. The predicted octanol–water partition coefficient (Wildman–Crippen LogP) is 3.39. The molecular weight excluding hydrogens is 333 g/mol. The van der Waals surface area contributed by atoms with Gasteiger partial charge in [-0.25, -0.2) is 13.4 Å². The van der Waals surface area contributed by atoms with Gasteiger partial charge in [0, 0.05) is 5.02 Å². The van der Waals surface area contributed by atoms with E-state index in [9.17, 15) is 8.42 Å². The van der Waals surface area contributed by atoms with E-state index in [1.807, 2.05) is 0 Å². The van der Waals surface area contributed by atoms with E-state index in [0.717, 1.165) is 0 Å². The monoisotopic (exact) mass is 345 g/mol. The fraction of sp³-hybridized carbons (Fsp3) is 0.154. The van der Waals surface area contributed by atoms with Gasteiger partial charge < -0.3 is 5.73 Å². The molecule has 0 saturated carbocycles. The highest BCUT2D eigenvalue weighted by Gasteiger charge is 2.24. The number of aryl methyl sites for hydroxylation is 1. The molecule has 0 saturated heterocycles. The molecule has 0 aliphatic heterocycles. The first kappa shape index (κ1) is 15.9. The summed E-state index contributed by atoms with van der Waals surface area (Å²) < 4.78 is 27.4. The summed E-state index contributed by atoms with van der Waals surface area (Å²) in [6, 6.07) is 4.64. The van der Waals surface area contributed by atoms with Gasteiger partial charge in [0.2, 0.25) is 0 Å². The molecule has 0 aliphatic rings. The summed E-state index contributed by atoms with van der Waals surface area (Å²) in [5.41, 5.74) is 6.73. The van der Waals surface area contributed by atoms with Crippen LogP contribution in [0, 0.1) is 13.8 Å². The summed E-state index contributed by atoms with van der Waals surface area (Å²) in [5, 5.41) is 0.487. The summed E-state index contributed by atoms with van der Waals surface area (Å²) in [5.74, 6) is 0.297. The standard InChI is InChI=1S/C13H13Cl2N3O2S/c1-7-5-10(14)8(2)13(12(7)15)21(19,20)18-9-3-4-11(16)17-6-9/h3-6,18H,1-2H3,(H2,16,17). The third-order valence-corrected chi connectivity index (χ3v) is 5.44. The molecule has 5 nitrogen and oxygen atoms in total. The fourth-order valence-corrected chi connectivity index (χ4v) is 4.06. The van der Waals surface area contributed by atoms with Gasteiger partial charge >= 0.3 is 0 Å². The van der Waals surface area contributed by atoms with Gasteiger partial charge in [-0.1, -0.05) is 23.2 Å². The third kappa shape index (κ3) is 3.23. The average molecular weight is 346 g/mol. The second-order valence-electron chi connectivity index (χ2n) is 4.52. The van der Waals surface area contributed by atoms with Crippen LogP contribution in [-0.4, -0.2) is 13.4 Å². The molecule has 0 unspecified atom stereocenters. The number of anilines is 2. The number of nitrogen functional groups attached to an aromatic ring is 1. The van der Waals surface area contributed by atoms with Crippen LogP contribution in [0.25, 0.3) is 0 Å². The third-order valence-electron chi connectivity index (χ3n) is 2.89. The smallest absolute Gasteiger partial charge is 0.263 e. The highest BCUT2D eigenvalue weighted by molar-refractivity contribution is 7.93. The van der Waals surface area contributed by atoms with Gasteiger partial charge in [0.25, 0.3) is 10.0 Å². The molecule has 1 aromatic carbocycles. The maximum absolute atomic E-state index is 12.5. The van der Waals surface area contributed by atoms with Gasteiger partial charge in [-0.15, -0.1) is 0 Å². The maximum Gasteiger partial charge on any atom is 0.263 e. The lowest BCUT2D eigenvalue weighted by Gasteiger charge is -2.14. The fourth-order valence-electron chi connectivity index (χ4n) is 1.81. The van der Waals surface area contributed by atoms with E-state index in [4.69, 9.17) is 28.9 Å². The highest BCUT2D eigenvalue weighted by Crippen LogP contribution is 2.34. The molecule has 0 aliphatic carbocycles. The molecule has 0 fully saturated rings. The normalized spacial score (nSPS) is 11.4. The summed E-state index contributed by atoms with van der Waals surface area (Å²) in [7, 11) is -3.88. The number of hydrogen-bond acceptors (Lipinski definition) is 4. The largest absolute Gasteiger partial charge is 0.384 e. The molecule has 3 N–H and O–H groups in total. The van der Waals surface area contributed by atoms with Crippen LogP contribution in [0.1, 0.15) is 11.1 Å². The van der Waals surface area contributed by atoms with Crippen molar-refractivity contribution in [3.63, 3.8) is 0 Å². The van der Waals surface area contributed by atoms with Gasteiger partial charge in [0.15, 0.2) is 0 Å². The Bertz CT molecular complexity index is 764. The Morgan fingerprint density at radius 2 is 1.90 bits per heavy atom. The van der Waals surface area contributed by atoms with Crippen molar-refractivity contribution >= 4 is 44.7 Å². The van der Waals surface area contributed by atoms with Crippen molar-refractivity contribution in [3.8, 4) is 0 Å². The van der Waals surface area contributed by atoms with E-state index in [2.05, 4.69) is 9.71 Å². The second-order valence-corrected chi connectivity index (χ2v) is 6.93. The maximum atomic E-state index is 12.5. The molecule has 0 spiro atoms. The number of halogens is 2. The van der Waals surface area contributed by atoms with Crippen molar-refractivity contribution in [2.24, 2.45) is 0 Å². The summed E-state index contributed by atoms with van der Waals surface area (Å²) in [6.07, 6.45) is 1.33.